The van der Waals surface area contributed by atoms with Crippen molar-refractivity contribution >= 4 is 0 Å². The molecule has 0 aromatic rings. The van der Waals surface area contributed by atoms with Crippen molar-refractivity contribution in [2.75, 3.05) is 6.54 Å². The van der Waals surface area contributed by atoms with Gasteiger partial charge in [0.05, 0.1) is 0 Å². The highest BCUT2D eigenvalue weighted by atomic mass is 15.1. The third-order valence-electron chi connectivity index (χ3n) is 6.21. The normalized spacial score (nSPS) is 24.9. The summed E-state index contributed by atoms with van der Waals surface area (Å²) in [4.78, 5) is 2.53. The first kappa shape index (κ1) is 24.0. The number of nitrogens with zero attached hydrogens (tertiary/aromatic N) is 1. The molecule has 0 spiro atoms. The number of hydrogen-bond donors (Lipinski definition) is 0. The van der Waals surface area contributed by atoms with E-state index in [-0.39, 0.29) is 0 Å². The maximum absolute atomic E-state index is 4.37. The molecule has 1 saturated carbocycles. The van der Waals surface area contributed by atoms with Gasteiger partial charge in [0.2, 0.25) is 0 Å². The Kier molecular flexibility index (Phi) is 8.96. The molecule has 0 bridgehead atoms. The summed E-state index contributed by atoms with van der Waals surface area (Å²) in [6.45, 7) is 23.0. The fraction of sp³-hybridized carbons (Fsp3) is 0.448. The molecule has 0 N–H and O–H groups in total. The lowest BCUT2D eigenvalue weighted by molar-refractivity contribution is 0.425. The van der Waals surface area contributed by atoms with Gasteiger partial charge < -0.3 is 4.90 Å². The van der Waals surface area contributed by atoms with Gasteiger partial charge in [-0.3, -0.25) is 0 Å². The summed E-state index contributed by atoms with van der Waals surface area (Å²) >= 11 is 0. The van der Waals surface area contributed by atoms with Crippen LogP contribution in [0.15, 0.2) is 93.9 Å². The Hall–Kier alpha value is -2.28. The predicted molar refractivity (Wildman–Crippen MR) is 134 cm³/mol. The topological polar surface area (TPSA) is 3.24 Å². The standard InChI is InChI=1S/C29H41N/c1-9-16-27-28(22(6)17-14-13-15-18-23(7)30(27)12-4)29(24(8)25-19-20-25)26(11-3)21(5)10-2/h10,13-14,17-18H,2,5,9,11-12,15-16,19-20H2,1,3-4,6-8H3/b14-13-,22-17+,23-18+,28-27+,29-26+. The van der Waals surface area contributed by atoms with Crippen molar-refractivity contribution in [3.8, 4) is 0 Å². The van der Waals surface area contributed by atoms with Crippen molar-refractivity contribution in [3.05, 3.63) is 93.9 Å². The minimum Gasteiger partial charge on any atom is -0.349 e. The highest BCUT2D eigenvalue weighted by Gasteiger charge is 2.26. The van der Waals surface area contributed by atoms with E-state index >= 15 is 0 Å². The molecule has 1 aliphatic carbocycles. The van der Waals surface area contributed by atoms with Gasteiger partial charge >= 0.3 is 0 Å². The second-order valence-corrected chi connectivity index (χ2v) is 8.34. The first-order valence-electron chi connectivity index (χ1n) is 11.7. The van der Waals surface area contributed by atoms with E-state index in [1.165, 1.54) is 52.1 Å². The largest absolute Gasteiger partial charge is 0.349 e. The first-order chi connectivity index (χ1) is 14.4. The third kappa shape index (κ3) is 5.45. The third-order valence-corrected chi connectivity index (χ3v) is 6.21. The molecule has 1 nitrogen and oxygen atoms in total. The van der Waals surface area contributed by atoms with Gasteiger partial charge in [-0.15, -0.1) is 0 Å². The smallest absolute Gasteiger partial charge is 0.0257 e. The van der Waals surface area contributed by atoms with E-state index in [2.05, 4.69) is 83.9 Å². The van der Waals surface area contributed by atoms with E-state index in [4.69, 9.17) is 0 Å². The van der Waals surface area contributed by atoms with Crippen LogP contribution >= 0.6 is 0 Å². The average Bonchev–Trinajstić information content (AvgIpc) is 3.57. The highest BCUT2D eigenvalue weighted by molar-refractivity contribution is 5.65. The number of rotatable bonds is 8. The molecular formula is C29H41N. The van der Waals surface area contributed by atoms with Crippen LogP contribution in [0.3, 0.4) is 0 Å². The van der Waals surface area contributed by atoms with Crippen LogP contribution < -0.4 is 0 Å². The molecule has 1 aliphatic heterocycles. The van der Waals surface area contributed by atoms with Crippen molar-refractivity contribution in [2.45, 2.75) is 80.1 Å². The Morgan fingerprint density at radius 3 is 2.40 bits per heavy atom. The van der Waals surface area contributed by atoms with Crippen molar-refractivity contribution in [1.29, 1.82) is 0 Å². The molecule has 1 fully saturated rings. The lowest BCUT2D eigenvalue weighted by Gasteiger charge is -2.32. The maximum Gasteiger partial charge on any atom is 0.0257 e. The van der Waals surface area contributed by atoms with Crippen LogP contribution in [0, 0.1) is 0 Å². The fourth-order valence-electron chi connectivity index (χ4n) is 4.44. The van der Waals surface area contributed by atoms with Gasteiger partial charge in [-0.25, -0.2) is 0 Å². The summed E-state index contributed by atoms with van der Waals surface area (Å²) in [6.07, 6.45) is 17.6. The summed E-state index contributed by atoms with van der Waals surface area (Å²) in [5, 5.41) is 0. The molecule has 30 heavy (non-hydrogen) atoms. The predicted octanol–water partition coefficient (Wildman–Crippen LogP) is 8.73. The monoisotopic (exact) mass is 403 g/mol. The molecule has 0 amide bonds. The van der Waals surface area contributed by atoms with E-state index in [1.54, 1.807) is 5.57 Å². The Labute approximate surface area is 185 Å². The SMILES string of the molecule is C=CC(=C)/C(CC)=C(C(C)=C1CC1)/C1=C(\CCC)N(CC)/C(C)=C/C/C=C\C=C\1C. The second kappa shape index (κ2) is 11.2. The minimum absolute atomic E-state index is 0.956. The van der Waals surface area contributed by atoms with Gasteiger partial charge in [0, 0.05) is 23.5 Å². The van der Waals surface area contributed by atoms with Crippen molar-refractivity contribution in [2.24, 2.45) is 0 Å². The molecule has 2 aliphatic rings. The summed E-state index contributed by atoms with van der Waals surface area (Å²) in [7, 11) is 0. The van der Waals surface area contributed by atoms with E-state index < -0.39 is 0 Å². The Morgan fingerprint density at radius 2 is 1.87 bits per heavy atom. The molecule has 0 atom stereocenters. The van der Waals surface area contributed by atoms with Gasteiger partial charge in [-0.2, -0.15) is 0 Å². The zero-order chi connectivity index (χ0) is 22.3. The molecule has 0 saturated heterocycles. The van der Waals surface area contributed by atoms with Gasteiger partial charge in [0.15, 0.2) is 0 Å². The van der Waals surface area contributed by atoms with Gasteiger partial charge in [0.25, 0.3) is 0 Å². The molecular weight excluding hydrogens is 362 g/mol. The van der Waals surface area contributed by atoms with Crippen LogP contribution in [-0.4, -0.2) is 11.4 Å². The second-order valence-electron chi connectivity index (χ2n) is 8.34. The molecule has 0 aromatic heterocycles. The van der Waals surface area contributed by atoms with E-state index in [9.17, 15) is 0 Å². The lowest BCUT2D eigenvalue weighted by atomic mass is 9.83. The van der Waals surface area contributed by atoms with Crippen molar-refractivity contribution in [1.82, 2.24) is 4.90 Å². The molecule has 1 heterocycles. The lowest BCUT2D eigenvalue weighted by Crippen LogP contribution is -2.24. The van der Waals surface area contributed by atoms with Crippen LogP contribution in [0.25, 0.3) is 0 Å². The Bertz CT molecular complexity index is 858. The summed E-state index contributed by atoms with van der Waals surface area (Å²) in [5.41, 5.74) is 12.3. The van der Waals surface area contributed by atoms with Crippen LogP contribution in [0.1, 0.15) is 80.1 Å². The summed E-state index contributed by atoms with van der Waals surface area (Å²) < 4.78 is 0. The molecule has 0 radical (unpaired) electrons. The molecule has 0 aromatic carbocycles. The fourth-order valence-corrected chi connectivity index (χ4v) is 4.44. The van der Waals surface area contributed by atoms with E-state index in [0.29, 0.717) is 0 Å². The van der Waals surface area contributed by atoms with Crippen LogP contribution in [0.2, 0.25) is 0 Å². The van der Waals surface area contributed by atoms with Crippen molar-refractivity contribution < 1.29 is 0 Å². The van der Waals surface area contributed by atoms with Gasteiger partial charge in [-0.1, -0.05) is 69.4 Å². The quantitative estimate of drug-likeness (QED) is 0.366. The molecule has 162 valence electrons. The molecule has 1 heteroatoms. The number of hydrogen-bond acceptors (Lipinski definition) is 1. The Morgan fingerprint density at radius 1 is 1.17 bits per heavy atom. The Balaban J connectivity index is 3.00. The van der Waals surface area contributed by atoms with Crippen LogP contribution in [-0.2, 0) is 0 Å². The first-order valence-corrected chi connectivity index (χ1v) is 11.7. The molecule has 0 unspecified atom stereocenters. The maximum atomic E-state index is 4.37. The number of allylic oxidation sites excluding steroid dienone is 14. The average molecular weight is 404 g/mol. The van der Waals surface area contributed by atoms with Crippen LogP contribution in [0.4, 0.5) is 0 Å². The van der Waals surface area contributed by atoms with E-state index in [1.807, 2.05) is 6.08 Å². The highest BCUT2D eigenvalue weighted by Crippen LogP contribution is 2.43. The zero-order valence-electron chi connectivity index (χ0n) is 20.2. The van der Waals surface area contributed by atoms with Gasteiger partial charge in [-0.05, 0) is 87.7 Å². The molecule has 2 rings (SSSR count). The minimum atomic E-state index is 0.956. The summed E-state index contributed by atoms with van der Waals surface area (Å²) in [6, 6.07) is 0. The van der Waals surface area contributed by atoms with Gasteiger partial charge in [0.1, 0.15) is 0 Å². The zero-order valence-corrected chi connectivity index (χ0v) is 20.2. The summed E-state index contributed by atoms with van der Waals surface area (Å²) in [5.74, 6) is 0. The van der Waals surface area contributed by atoms with Crippen molar-refractivity contribution in [3.63, 3.8) is 0 Å². The van der Waals surface area contributed by atoms with Crippen LogP contribution in [0.5, 0.6) is 0 Å². The van der Waals surface area contributed by atoms with E-state index in [0.717, 1.165) is 37.8 Å².